The van der Waals surface area contributed by atoms with E-state index in [0.29, 0.717) is 10.8 Å². The molecule has 1 atom stereocenters. The zero-order valence-electron chi connectivity index (χ0n) is 8.06. The van der Waals surface area contributed by atoms with Gasteiger partial charge in [0, 0.05) is 0 Å². The van der Waals surface area contributed by atoms with Gasteiger partial charge in [-0.2, -0.15) is 0 Å². The summed E-state index contributed by atoms with van der Waals surface area (Å²) in [7, 11) is 0. The lowest BCUT2D eigenvalue weighted by Gasteiger charge is -2.21. The fourth-order valence-corrected chi connectivity index (χ4v) is 3.10. The lowest BCUT2D eigenvalue weighted by atomic mass is 10.1. The molecule has 0 fully saturated rings. The number of hydrogen-bond donors (Lipinski definition) is 1. The summed E-state index contributed by atoms with van der Waals surface area (Å²) in [6.45, 7) is 3.70. The van der Waals surface area contributed by atoms with Crippen LogP contribution in [-0.2, 0) is 4.79 Å². The van der Waals surface area contributed by atoms with Gasteiger partial charge in [0.1, 0.15) is 10.3 Å². The lowest BCUT2D eigenvalue weighted by molar-refractivity contribution is -0.139. The summed E-state index contributed by atoms with van der Waals surface area (Å²) >= 11 is 2.65. The van der Waals surface area contributed by atoms with E-state index in [4.69, 9.17) is 5.11 Å². The van der Waals surface area contributed by atoms with Crippen LogP contribution in [0, 0.1) is 0 Å². The number of rotatable bonds is 5. The van der Waals surface area contributed by atoms with Crippen molar-refractivity contribution in [3.8, 4) is 0 Å². The number of aliphatic carboxylic acids is 1. The van der Waals surface area contributed by atoms with Crippen LogP contribution in [0.4, 0.5) is 0 Å². The van der Waals surface area contributed by atoms with Crippen LogP contribution in [0.15, 0.2) is 9.85 Å². The molecule has 0 saturated carbocycles. The van der Waals surface area contributed by atoms with Crippen LogP contribution in [0.3, 0.4) is 0 Å². The van der Waals surface area contributed by atoms with E-state index in [9.17, 15) is 4.79 Å². The molecule has 4 nitrogen and oxygen atoms in total. The van der Waals surface area contributed by atoms with Gasteiger partial charge in [-0.3, -0.25) is 4.79 Å². The zero-order chi connectivity index (χ0) is 10.6. The van der Waals surface area contributed by atoms with Crippen molar-refractivity contribution < 1.29 is 9.90 Å². The van der Waals surface area contributed by atoms with Crippen molar-refractivity contribution in [3.05, 3.63) is 5.51 Å². The molecule has 1 rings (SSSR count). The van der Waals surface area contributed by atoms with Gasteiger partial charge in [0.05, 0.1) is 0 Å². The zero-order valence-corrected chi connectivity index (χ0v) is 9.69. The summed E-state index contributed by atoms with van der Waals surface area (Å²) < 4.78 is -0.0720. The highest BCUT2D eigenvalue weighted by Crippen LogP contribution is 2.37. The minimum Gasteiger partial charge on any atom is -0.480 e. The first-order chi connectivity index (χ1) is 6.58. The van der Waals surface area contributed by atoms with E-state index in [0.717, 1.165) is 6.42 Å². The maximum atomic E-state index is 11.1. The molecule has 1 aromatic rings. The summed E-state index contributed by atoms with van der Waals surface area (Å²) in [5, 5.41) is 16.6. The molecule has 1 heterocycles. The average Bonchev–Trinajstić information content (AvgIpc) is 2.56. The summed E-state index contributed by atoms with van der Waals surface area (Å²) in [5.41, 5.74) is 1.61. The third-order valence-corrected chi connectivity index (χ3v) is 3.94. The van der Waals surface area contributed by atoms with Gasteiger partial charge in [0.25, 0.3) is 0 Å². The standard InChI is InChI=1S/C8H12N2O2S2/c1-3-4-8(2,6(11)12)14-7-10-9-5-13-7/h5H,3-4H2,1-2H3,(H,11,12). The van der Waals surface area contributed by atoms with Crippen molar-refractivity contribution in [2.45, 2.75) is 35.8 Å². The Morgan fingerprint density at radius 3 is 2.93 bits per heavy atom. The minimum atomic E-state index is -0.792. The molecular weight excluding hydrogens is 220 g/mol. The molecule has 0 aromatic carbocycles. The third-order valence-electron chi connectivity index (χ3n) is 1.83. The van der Waals surface area contributed by atoms with E-state index in [2.05, 4.69) is 10.2 Å². The Hall–Kier alpha value is -0.620. The minimum absolute atomic E-state index is 0.632. The highest BCUT2D eigenvalue weighted by molar-refractivity contribution is 8.03. The predicted octanol–water partition coefficient (Wildman–Crippen LogP) is 2.27. The molecular formula is C8H12N2O2S2. The van der Waals surface area contributed by atoms with Gasteiger partial charge in [-0.05, 0) is 13.3 Å². The number of carboxylic acids is 1. The molecule has 0 aliphatic rings. The Balaban J connectivity index is 2.74. The summed E-state index contributed by atoms with van der Waals surface area (Å²) in [6, 6.07) is 0. The second kappa shape index (κ2) is 4.75. The van der Waals surface area contributed by atoms with E-state index >= 15 is 0 Å². The number of carboxylic acid groups (broad SMARTS) is 1. The normalized spacial score (nSPS) is 15.0. The van der Waals surface area contributed by atoms with Crippen molar-refractivity contribution >= 4 is 29.1 Å². The van der Waals surface area contributed by atoms with Crippen molar-refractivity contribution in [2.24, 2.45) is 0 Å². The number of carbonyl (C=O) groups is 1. The molecule has 0 aliphatic heterocycles. The maximum absolute atomic E-state index is 11.1. The van der Waals surface area contributed by atoms with Gasteiger partial charge in [0.2, 0.25) is 0 Å². The summed E-state index contributed by atoms with van der Waals surface area (Å²) in [6.07, 6.45) is 1.47. The lowest BCUT2D eigenvalue weighted by Crippen LogP contribution is -2.30. The molecule has 14 heavy (non-hydrogen) atoms. The molecule has 0 aliphatic carbocycles. The van der Waals surface area contributed by atoms with Gasteiger partial charge in [-0.15, -0.1) is 10.2 Å². The molecule has 78 valence electrons. The molecule has 0 bridgehead atoms. The van der Waals surface area contributed by atoms with Crippen LogP contribution in [0.25, 0.3) is 0 Å². The molecule has 0 saturated heterocycles. The number of nitrogens with zero attached hydrogens (tertiary/aromatic N) is 2. The van der Waals surface area contributed by atoms with Gasteiger partial charge in [-0.25, -0.2) is 0 Å². The smallest absolute Gasteiger partial charge is 0.319 e. The van der Waals surface area contributed by atoms with Crippen LogP contribution in [0.2, 0.25) is 0 Å². The van der Waals surface area contributed by atoms with E-state index in [1.54, 1.807) is 12.4 Å². The molecule has 1 unspecified atom stereocenters. The Morgan fingerprint density at radius 1 is 1.79 bits per heavy atom. The fraction of sp³-hybridized carbons (Fsp3) is 0.625. The predicted molar refractivity (Wildman–Crippen MR) is 56.7 cm³/mol. The Morgan fingerprint density at radius 2 is 2.50 bits per heavy atom. The number of aromatic nitrogens is 2. The van der Waals surface area contributed by atoms with Gasteiger partial charge >= 0.3 is 5.97 Å². The van der Waals surface area contributed by atoms with Crippen molar-refractivity contribution in [2.75, 3.05) is 0 Å². The van der Waals surface area contributed by atoms with Crippen molar-refractivity contribution in [3.63, 3.8) is 0 Å². The van der Waals surface area contributed by atoms with Gasteiger partial charge in [-0.1, -0.05) is 36.4 Å². The molecule has 1 N–H and O–H groups in total. The molecule has 1 aromatic heterocycles. The summed E-state index contributed by atoms with van der Waals surface area (Å²) in [4.78, 5) is 11.1. The van der Waals surface area contributed by atoms with Crippen molar-refractivity contribution in [1.29, 1.82) is 0 Å². The number of thioether (sulfide) groups is 1. The topological polar surface area (TPSA) is 63.1 Å². The molecule has 0 amide bonds. The maximum Gasteiger partial charge on any atom is 0.319 e. The molecule has 0 spiro atoms. The van der Waals surface area contributed by atoms with Crippen LogP contribution < -0.4 is 0 Å². The van der Waals surface area contributed by atoms with Gasteiger partial charge in [0.15, 0.2) is 4.34 Å². The quantitative estimate of drug-likeness (QED) is 0.789. The fourth-order valence-electron chi connectivity index (χ4n) is 1.08. The SMILES string of the molecule is CCCC(C)(Sc1nncs1)C(=O)O. The van der Waals surface area contributed by atoms with E-state index in [1.165, 1.54) is 23.1 Å². The monoisotopic (exact) mass is 232 g/mol. The Labute approximate surface area is 90.7 Å². The first-order valence-corrected chi connectivity index (χ1v) is 5.96. The largest absolute Gasteiger partial charge is 0.480 e. The van der Waals surface area contributed by atoms with Crippen LogP contribution in [0.1, 0.15) is 26.7 Å². The Bertz CT molecular complexity index is 302. The van der Waals surface area contributed by atoms with E-state index in [1.807, 2.05) is 6.92 Å². The number of hydrogen-bond acceptors (Lipinski definition) is 5. The van der Waals surface area contributed by atoms with Crippen LogP contribution in [0.5, 0.6) is 0 Å². The molecule has 0 radical (unpaired) electrons. The second-order valence-electron chi connectivity index (χ2n) is 3.09. The second-order valence-corrected chi connectivity index (χ2v) is 5.68. The van der Waals surface area contributed by atoms with Gasteiger partial charge < -0.3 is 5.11 Å². The Kier molecular flexibility index (Phi) is 3.88. The average molecular weight is 232 g/mol. The van der Waals surface area contributed by atoms with E-state index in [-0.39, 0.29) is 0 Å². The summed E-state index contributed by atoms with van der Waals surface area (Å²) in [5.74, 6) is -0.792. The molecule has 6 heteroatoms. The highest BCUT2D eigenvalue weighted by atomic mass is 32.2. The first kappa shape index (κ1) is 11.5. The van der Waals surface area contributed by atoms with Crippen molar-refractivity contribution in [1.82, 2.24) is 10.2 Å². The van der Waals surface area contributed by atoms with E-state index < -0.39 is 10.7 Å². The van der Waals surface area contributed by atoms with Crippen LogP contribution >= 0.6 is 23.1 Å². The third kappa shape index (κ3) is 2.68. The highest BCUT2D eigenvalue weighted by Gasteiger charge is 2.34. The van der Waals surface area contributed by atoms with Crippen LogP contribution in [-0.4, -0.2) is 26.0 Å². The first-order valence-electron chi connectivity index (χ1n) is 4.27.